The van der Waals surface area contributed by atoms with E-state index in [4.69, 9.17) is 28.6 Å². The molecule has 2 N–H and O–H groups in total. The van der Waals surface area contributed by atoms with Gasteiger partial charge in [0.25, 0.3) is 5.91 Å². The van der Waals surface area contributed by atoms with Gasteiger partial charge in [-0.2, -0.15) is 5.10 Å². The van der Waals surface area contributed by atoms with Gasteiger partial charge < -0.3 is 10.1 Å². The Kier molecular flexibility index (Phi) is 5.00. The molecule has 138 valence electrons. The monoisotopic (exact) mass is 392 g/mol. The first-order valence-electron chi connectivity index (χ1n) is 9.02. The number of halogens is 1. The third kappa shape index (κ3) is 3.78. The van der Waals surface area contributed by atoms with Crippen molar-refractivity contribution in [2.45, 2.75) is 57.2 Å². The maximum absolute atomic E-state index is 12.7. The summed E-state index contributed by atoms with van der Waals surface area (Å²) in [4.78, 5) is 12.7. The van der Waals surface area contributed by atoms with Crippen LogP contribution in [-0.2, 0) is 6.54 Å². The maximum Gasteiger partial charge on any atom is 0.255 e. The van der Waals surface area contributed by atoms with Crippen LogP contribution in [-0.4, -0.2) is 26.8 Å². The van der Waals surface area contributed by atoms with Crippen molar-refractivity contribution < 1.29 is 9.53 Å². The van der Waals surface area contributed by atoms with Gasteiger partial charge in [-0.3, -0.25) is 14.5 Å². The van der Waals surface area contributed by atoms with Crippen molar-refractivity contribution in [3.05, 3.63) is 39.4 Å². The summed E-state index contributed by atoms with van der Waals surface area (Å²) >= 11 is 11.4. The number of hydrogen-bond acceptors (Lipinski definition) is 4. The molecule has 6 nitrogen and oxygen atoms in total. The van der Waals surface area contributed by atoms with Gasteiger partial charge in [0, 0.05) is 11.1 Å². The lowest BCUT2D eigenvalue weighted by Gasteiger charge is -2.16. The molecule has 0 unspecified atom stereocenters. The first-order valence-corrected chi connectivity index (χ1v) is 9.80. The van der Waals surface area contributed by atoms with Crippen molar-refractivity contribution in [3.8, 4) is 5.75 Å². The molecule has 2 aromatic rings. The van der Waals surface area contributed by atoms with Crippen LogP contribution in [0.25, 0.3) is 0 Å². The number of hydrogen-bond donors (Lipinski definition) is 2. The van der Waals surface area contributed by atoms with Gasteiger partial charge in [0.2, 0.25) is 0 Å². The number of aromatic nitrogens is 3. The molecule has 0 aliphatic heterocycles. The third-order valence-corrected chi connectivity index (χ3v) is 5.40. The quantitative estimate of drug-likeness (QED) is 0.723. The van der Waals surface area contributed by atoms with E-state index in [0.29, 0.717) is 33.7 Å². The molecule has 2 saturated carbocycles. The second-order valence-electron chi connectivity index (χ2n) is 6.89. The molecule has 4 rings (SSSR count). The zero-order valence-corrected chi connectivity index (χ0v) is 15.9. The lowest BCUT2D eigenvalue weighted by molar-refractivity contribution is 0.0942. The second kappa shape index (κ2) is 7.40. The van der Waals surface area contributed by atoms with Gasteiger partial charge in [-0.25, -0.2) is 0 Å². The summed E-state index contributed by atoms with van der Waals surface area (Å²) < 4.78 is 8.64. The van der Waals surface area contributed by atoms with Gasteiger partial charge in [0.05, 0.1) is 18.2 Å². The van der Waals surface area contributed by atoms with Crippen molar-refractivity contribution in [1.29, 1.82) is 0 Å². The predicted octanol–water partition coefficient (Wildman–Crippen LogP) is 4.18. The molecule has 0 spiro atoms. The van der Waals surface area contributed by atoms with E-state index < -0.39 is 0 Å². The molecule has 0 radical (unpaired) electrons. The topological polar surface area (TPSA) is 71.9 Å². The molecule has 2 aliphatic carbocycles. The molecule has 0 bridgehead atoms. The van der Waals surface area contributed by atoms with Crippen molar-refractivity contribution >= 4 is 29.7 Å². The number of nitrogens with zero attached hydrogens (tertiary/aromatic N) is 2. The average molecular weight is 393 g/mol. The van der Waals surface area contributed by atoms with Gasteiger partial charge in [0.1, 0.15) is 5.75 Å². The molecule has 2 fully saturated rings. The van der Waals surface area contributed by atoms with Crippen LogP contribution in [0.4, 0.5) is 0 Å². The van der Waals surface area contributed by atoms with Crippen LogP contribution in [0.1, 0.15) is 60.7 Å². The van der Waals surface area contributed by atoms with Crippen molar-refractivity contribution in [2.24, 2.45) is 0 Å². The minimum absolute atomic E-state index is 0.175. The second-order valence-corrected chi connectivity index (χ2v) is 7.72. The van der Waals surface area contributed by atoms with Gasteiger partial charge in [0.15, 0.2) is 10.6 Å². The summed E-state index contributed by atoms with van der Waals surface area (Å²) in [6.45, 7) is 0.303. The minimum atomic E-state index is -0.225. The number of aromatic amines is 1. The van der Waals surface area contributed by atoms with Crippen molar-refractivity contribution in [3.63, 3.8) is 0 Å². The van der Waals surface area contributed by atoms with Gasteiger partial charge in [-0.15, -0.1) is 0 Å². The third-order valence-electron chi connectivity index (χ3n) is 4.88. The number of carbonyl (C=O) groups excluding carboxylic acids is 1. The lowest BCUT2D eigenvalue weighted by atomic mass is 10.1. The Morgan fingerprint density at radius 2 is 2.12 bits per heavy atom. The van der Waals surface area contributed by atoms with E-state index in [-0.39, 0.29) is 12.0 Å². The highest BCUT2D eigenvalue weighted by molar-refractivity contribution is 7.71. The molecule has 0 atom stereocenters. The zero-order chi connectivity index (χ0) is 18.1. The van der Waals surface area contributed by atoms with Crippen LogP contribution in [0.5, 0.6) is 5.75 Å². The molecule has 0 saturated heterocycles. The summed E-state index contributed by atoms with van der Waals surface area (Å²) in [6.07, 6.45) is 6.77. The van der Waals surface area contributed by atoms with Crippen LogP contribution in [0, 0.1) is 4.77 Å². The minimum Gasteiger partial charge on any atom is -0.490 e. The number of benzene rings is 1. The molecule has 8 heteroatoms. The summed E-state index contributed by atoms with van der Waals surface area (Å²) in [5.74, 6) is 1.10. The van der Waals surface area contributed by atoms with E-state index in [1.807, 2.05) is 4.57 Å². The molecule has 2 aliphatic rings. The Morgan fingerprint density at radius 1 is 1.35 bits per heavy atom. The lowest BCUT2D eigenvalue weighted by Crippen LogP contribution is -2.26. The Balaban J connectivity index is 1.49. The summed E-state index contributed by atoms with van der Waals surface area (Å²) in [7, 11) is 0. The number of rotatable bonds is 6. The van der Waals surface area contributed by atoms with E-state index in [2.05, 4.69) is 15.5 Å². The first kappa shape index (κ1) is 17.5. The standard InChI is InChI=1S/C18H21ClN4O2S/c19-11-5-8-15(25-13-3-1-2-4-13)14(9-11)17(24)20-10-16-21-22-18(26)23(16)12-6-7-12/h5,8-9,12-13H,1-4,6-7,10H2,(H,20,24)(H,22,26). The number of H-pyrrole nitrogens is 1. The molecule has 1 aromatic heterocycles. The number of carbonyl (C=O) groups is 1. The summed E-state index contributed by atoms with van der Waals surface area (Å²) in [5.41, 5.74) is 0.455. The molecular weight excluding hydrogens is 372 g/mol. The first-order chi connectivity index (χ1) is 12.6. The fraction of sp³-hybridized carbons (Fsp3) is 0.500. The maximum atomic E-state index is 12.7. The fourth-order valence-corrected chi connectivity index (χ4v) is 3.87. The van der Waals surface area contributed by atoms with E-state index >= 15 is 0 Å². The summed E-state index contributed by atoms with van der Waals surface area (Å²) in [5, 5.41) is 10.5. The van der Waals surface area contributed by atoms with Crippen molar-refractivity contribution in [2.75, 3.05) is 0 Å². The average Bonchev–Trinajstić information content (AvgIpc) is 3.19. The molecule has 1 heterocycles. The van der Waals surface area contributed by atoms with Crippen LogP contribution in [0.15, 0.2) is 18.2 Å². The van der Waals surface area contributed by atoms with Crippen LogP contribution in [0.3, 0.4) is 0 Å². The van der Waals surface area contributed by atoms with Gasteiger partial charge in [-0.1, -0.05) is 11.6 Å². The highest BCUT2D eigenvalue weighted by Crippen LogP contribution is 2.35. The molecular formula is C18H21ClN4O2S. The fourth-order valence-electron chi connectivity index (χ4n) is 3.39. The molecule has 1 amide bonds. The smallest absolute Gasteiger partial charge is 0.255 e. The Bertz CT molecular complexity index is 868. The normalized spacial score (nSPS) is 17.4. The van der Waals surface area contributed by atoms with Gasteiger partial charge in [-0.05, 0) is 68.9 Å². The number of amides is 1. The van der Waals surface area contributed by atoms with Gasteiger partial charge >= 0.3 is 0 Å². The van der Waals surface area contributed by atoms with E-state index in [9.17, 15) is 4.79 Å². The Morgan fingerprint density at radius 3 is 2.85 bits per heavy atom. The van der Waals surface area contributed by atoms with Crippen LogP contribution < -0.4 is 10.1 Å². The number of nitrogens with one attached hydrogen (secondary N) is 2. The highest BCUT2D eigenvalue weighted by atomic mass is 35.5. The molecule has 1 aromatic carbocycles. The Labute approximate surface area is 161 Å². The molecule has 26 heavy (non-hydrogen) atoms. The zero-order valence-electron chi connectivity index (χ0n) is 14.3. The Hall–Kier alpha value is -1.86. The predicted molar refractivity (Wildman–Crippen MR) is 101 cm³/mol. The largest absolute Gasteiger partial charge is 0.490 e. The van der Waals surface area contributed by atoms with E-state index in [1.54, 1.807) is 18.2 Å². The van der Waals surface area contributed by atoms with E-state index in [0.717, 1.165) is 31.5 Å². The van der Waals surface area contributed by atoms with E-state index in [1.165, 1.54) is 12.8 Å². The number of ether oxygens (including phenoxy) is 1. The SMILES string of the molecule is O=C(NCc1n[nH]c(=S)n1C1CC1)c1cc(Cl)ccc1OC1CCCC1. The summed E-state index contributed by atoms with van der Waals surface area (Å²) in [6, 6.07) is 5.58. The van der Waals surface area contributed by atoms with Crippen LogP contribution >= 0.6 is 23.8 Å². The van der Waals surface area contributed by atoms with Crippen LogP contribution in [0.2, 0.25) is 5.02 Å². The highest BCUT2D eigenvalue weighted by Gasteiger charge is 2.27. The van der Waals surface area contributed by atoms with Crippen molar-refractivity contribution in [1.82, 2.24) is 20.1 Å².